The summed E-state index contributed by atoms with van der Waals surface area (Å²) >= 11 is 0. The van der Waals surface area contributed by atoms with Crippen LogP contribution in [0.5, 0.6) is 5.75 Å². The highest BCUT2D eigenvalue weighted by Gasteiger charge is 2.16. The average Bonchev–Trinajstić information content (AvgIpc) is 2.38. The van der Waals surface area contributed by atoms with E-state index in [1.54, 1.807) is 12.1 Å². The van der Waals surface area contributed by atoms with Crippen molar-refractivity contribution in [2.24, 2.45) is 5.92 Å². The van der Waals surface area contributed by atoms with E-state index in [1.807, 2.05) is 12.1 Å². The zero-order valence-electron chi connectivity index (χ0n) is 11.5. The van der Waals surface area contributed by atoms with Crippen molar-refractivity contribution in [2.75, 3.05) is 37.6 Å². The van der Waals surface area contributed by atoms with Gasteiger partial charge in [-0.15, -0.1) is 0 Å². The van der Waals surface area contributed by atoms with Gasteiger partial charge in [0.05, 0.1) is 0 Å². The Morgan fingerprint density at radius 2 is 1.67 bits per heavy atom. The average molecular weight is 248 g/mol. The van der Waals surface area contributed by atoms with E-state index in [0.29, 0.717) is 5.75 Å². The Labute approximate surface area is 110 Å². The fourth-order valence-corrected chi connectivity index (χ4v) is 2.33. The van der Waals surface area contributed by atoms with Gasteiger partial charge in [0.25, 0.3) is 0 Å². The summed E-state index contributed by atoms with van der Waals surface area (Å²) in [5.41, 5.74) is 1.22. The molecule has 1 aliphatic rings. The lowest BCUT2D eigenvalue weighted by molar-refractivity contribution is 0.243. The molecule has 1 fully saturated rings. The van der Waals surface area contributed by atoms with Gasteiger partial charge in [-0.05, 0) is 43.1 Å². The van der Waals surface area contributed by atoms with Crippen LogP contribution in [0.1, 0.15) is 20.3 Å². The van der Waals surface area contributed by atoms with Gasteiger partial charge in [0, 0.05) is 31.9 Å². The third-order valence-electron chi connectivity index (χ3n) is 3.61. The van der Waals surface area contributed by atoms with Gasteiger partial charge in [0.1, 0.15) is 5.75 Å². The van der Waals surface area contributed by atoms with Gasteiger partial charge in [-0.2, -0.15) is 0 Å². The first-order valence-electron chi connectivity index (χ1n) is 6.91. The van der Waals surface area contributed by atoms with E-state index >= 15 is 0 Å². The topological polar surface area (TPSA) is 26.7 Å². The SMILES string of the molecule is CC(C)CCN1CCN(c2ccc(O)cc2)CC1. The molecule has 1 heterocycles. The number of piperazine rings is 1. The molecule has 1 aromatic rings. The first-order chi connectivity index (χ1) is 8.65. The fraction of sp³-hybridized carbons (Fsp3) is 0.600. The zero-order chi connectivity index (χ0) is 13.0. The normalized spacial score (nSPS) is 17.4. The van der Waals surface area contributed by atoms with Crippen molar-refractivity contribution in [2.45, 2.75) is 20.3 Å². The number of phenolic OH excluding ortho intramolecular Hbond substituents is 1. The number of aromatic hydroxyl groups is 1. The lowest BCUT2D eigenvalue weighted by atomic mass is 10.1. The van der Waals surface area contributed by atoms with E-state index in [-0.39, 0.29) is 0 Å². The third-order valence-corrected chi connectivity index (χ3v) is 3.61. The predicted molar refractivity (Wildman–Crippen MR) is 76.2 cm³/mol. The van der Waals surface area contributed by atoms with E-state index < -0.39 is 0 Å². The molecule has 0 unspecified atom stereocenters. The second kappa shape index (κ2) is 6.10. The van der Waals surface area contributed by atoms with Crippen LogP contribution in [0.3, 0.4) is 0 Å². The molecule has 0 bridgehead atoms. The highest BCUT2D eigenvalue weighted by Crippen LogP contribution is 2.19. The highest BCUT2D eigenvalue weighted by molar-refractivity contribution is 5.49. The fourth-order valence-electron chi connectivity index (χ4n) is 2.33. The molecule has 0 saturated carbocycles. The quantitative estimate of drug-likeness (QED) is 0.887. The Morgan fingerprint density at radius 1 is 1.06 bits per heavy atom. The van der Waals surface area contributed by atoms with E-state index in [4.69, 9.17) is 0 Å². The Kier molecular flexibility index (Phi) is 4.48. The van der Waals surface area contributed by atoms with Crippen molar-refractivity contribution in [3.63, 3.8) is 0 Å². The van der Waals surface area contributed by atoms with Crippen LogP contribution in [0, 0.1) is 5.92 Å². The molecule has 0 radical (unpaired) electrons. The molecule has 100 valence electrons. The second-order valence-corrected chi connectivity index (χ2v) is 5.53. The molecule has 1 saturated heterocycles. The molecule has 2 rings (SSSR count). The summed E-state index contributed by atoms with van der Waals surface area (Å²) in [5, 5.41) is 9.29. The van der Waals surface area contributed by atoms with Crippen LogP contribution >= 0.6 is 0 Å². The molecule has 18 heavy (non-hydrogen) atoms. The minimum Gasteiger partial charge on any atom is -0.508 e. The van der Waals surface area contributed by atoms with Crippen molar-refractivity contribution in [3.8, 4) is 5.75 Å². The lowest BCUT2D eigenvalue weighted by Gasteiger charge is -2.36. The standard InChI is InChI=1S/C15H24N2O/c1-13(2)7-8-16-9-11-17(12-10-16)14-3-5-15(18)6-4-14/h3-6,13,18H,7-12H2,1-2H3. The first kappa shape index (κ1) is 13.2. The summed E-state index contributed by atoms with van der Waals surface area (Å²) in [5.74, 6) is 1.13. The number of anilines is 1. The second-order valence-electron chi connectivity index (χ2n) is 5.53. The Morgan fingerprint density at radius 3 is 2.22 bits per heavy atom. The molecule has 1 N–H and O–H groups in total. The molecule has 0 atom stereocenters. The van der Waals surface area contributed by atoms with Crippen molar-refractivity contribution >= 4 is 5.69 Å². The number of hydrogen-bond acceptors (Lipinski definition) is 3. The number of benzene rings is 1. The number of hydrogen-bond donors (Lipinski definition) is 1. The summed E-state index contributed by atoms with van der Waals surface area (Å²) in [7, 11) is 0. The Hall–Kier alpha value is -1.22. The summed E-state index contributed by atoms with van der Waals surface area (Å²) < 4.78 is 0. The molecule has 0 aliphatic carbocycles. The molecule has 1 aromatic carbocycles. The van der Waals surface area contributed by atoms with Crippen molar-refractivity contribution in [3.05, 3.63) is 24.3 Å². The smallest absolute Gasteiger partial charge is 0.115 e. The third kappa shape index (κ3) is 3.64. The summed E-state index contributed by atoms with van der Waals surface area (Å²) in [6, 6.07) is 7.53. The lowest BCUT2D eigenvalue weighted by Crippen LogP contribution is -2.46. The van der Waals surface area contributed by atoms with Gasteiger partial charge >= 0.3 is 0 Å². The summed E-state index contributed by atoms with van der Waals surface area (Å²) in [6.07, 6.45) is 1.29. The Bertz CT molecular complexity index is 353. The van der Waals surface area contributed by atoms with Crippen LogP contribution in [0.25, 0.3) is 0 Å². The van der Waals surface area contributed by atoms with Crippen LogP contribution in [0.15, 0.2) is 24.3 Å². The number of phenols is 1. The minimum atomic E-state index is 0.342. The van der Waals surface area contributed by atoms with Crippen LogP contribution in [0.2, 0.25) is 0 Å². The van der Waals surface area contributed by atoms with Crippen molar-refractivity contribution in [1.29, 1.82) is 0 Å². The van der Waals surface area contributed by atoms with Crippen LogP contribution < -0.4 is 4.90 Å². The van der Waals surface area contributed by atoms with Gasteiger partial charge in [0.2, 0.25) is 0 Å². The van der Waals surface area contributed by atoms with Gasteiger partial charge in [-0.25, -0.2) is 0 Å². The predicted octanol–water partition coefficient (Wildman–Crippen LogP) is 2.56. The highest BCUT2D eigenvalue weighted by atomic mass is 16.3. The Balaban J connectivity index is 1.81. The molecular formula is C15H24N2O. The summed E-state index contributed by atoms with van der Waals surface area (Å²) in [6.45, 7) is 10.3. The molecule has 1 aliphatic heterocycles. The largest absolute Gasteiger partial charge is 0.508 e. The zero-order valence-corrected chi connectivity index (χ0v) is 11.5. The number of rotatable bonds is 4. The van der Waals surface area contributed by atoms with E-state index in [0.717, 1.165) is 32.1 Å². The van der Waals surface area contributed by atoms with Crippen molar-refractivity contribution in [1.82, 2.24) is 4.90 Å². The molecular weight excluding hydrogens is 224 g/mol. The van der Waals surface area contributed by atoms with Gasteiger partial charge < -0.3 is 10.0 Å². The van der Waals surface area contributed by atoms with Gasteiger partial charge in [-0.1, -0.05) is 13.8 Å². The van der Waals surface area contributed by atoms with E-state index in [2.05, 4.69) is 23.6 Å². The van der Waals surface area contributed by atoms with Gasteiger partial charge in [0.15, 0.2) is 0 Å². The molecule has 0 amide bonds. The molecule has 0 spiro atoms. The first-order valence-corrected chi connectivity index (χ1v) is 6.91. The maximum absolute atomic E-state index is 9.29. The van der Waals surface area contributed by atoms with Crippen LogP contribution in [0.4, 0.5) is 5.69 Å². The maximum atomic E-state index is 9.29. The maximum Gasteiger partial charge on any atom is 0.115 e. The van der Waals surface area contributed by atoms with Crippen LogP contribution in [-0.2, 0) is 0 Å². The monoisotopic (exact) mass is 248 g/mol. The molecule has 3 heteroatoms. The summed E-state index contributed by atoms with van der Waals surface area (Å²) in [4.78, 5) is 4.95. The number of nitrogens with zero attached hydrogens (tertiary/aromatic N) is 2. The minimum absolute atomic E-state index is 0.342. The molecule has 3 nitrogen and oxygen atoms in total. The van der Waals surface area contributed by atoms with Crippen molar-refractivity contribution < 1.29 is 5.11 Å². The van der Waals surface area contributed by atoms with Gasteiger partial charge in [-0.3, -0.25) is 4.90 Å². The van der Waals surface area contributed by atoms with E-state index in [9.17, 15) is 5.11 Å². The van der Waals surface area contributed by atoms with E-state index in [1.165, 1.54) is 18.7 Å². The molecule has 0 aromatic heterocycles. The van der Waals surface area contributed by atoms with Crippen LogP contribution in [-0.4, -0.2) is 42.7 Å².